The number of amides is 1. The van der Waals surface area contributed by atoms with Crippen LogP contribution in [0, 0.1) is 13.8 Å². The second kappa shape index (κ2) is 7.45. The van der Waals surface area contributed by atoms with Gasteiger partial charge in [0.05, 0.1) is 18.5 Å². The maximum Gasteiger partial charge on any atom is 0.255 e. The molecule has 0 bridgehead atoms. The van der Waals surface area contributed by atoms with Crippen molar-refractivity contribution in [3.05, 3.63) is 65.5 Å². The average Bonchev–Trinajstić information content (AvgIpc) is 2.99. The van der Waals surface area contributed by atoms with Crippen LogP contribution in [0.1, 0.15) is 21.7 Å². The number of carbonyl (C=O) groups is 1. The van der Waals surface area contributed by atoms with Crippen molar-refractivity contribution in [1.29, 1.82) is 0 Å². The number of hydrogen-bond donors (Lipinski definition) is 2. The van der Waals surface area contributed by atoms with E-state index in [0.29, 0.717) is 5.56 Å². The summed E-state index contributed by atoms with van der Waals surface area (Å²) in [6, 6.07) is 13.1. The third-order valence-electron chi connectivity index (χ3n) is 4.11. The molecular formula is C19H20N4O4S. The van der Waals surface area contributed by atoms with E-state index < -0.39 is 10.0 Å². The van der Waals surface area contributed by atoms with E-state index in [1.165, 1.54) is 25.3 Å². The van der Waals surface area contributed by atoms with Gasteiger partial charge in [0.25, 0.3) is 5.91 Å². The zero-order chi connectivity index (χ0) is 20.5. The van der Waals surface area contributed by atoms with Gasteiger partial charge in [-0.15, -0.1) is 0 Å². The van der Waals surface area contributed by atoms with Crippen molar-refractivity contribution in [1.82, 2.24) is 9.78 Å². The van der Waals surface area contributed by atoms with Crippen molar-refractivity contribution in [3.63, 3.8) is 0 Å². The minimum absolute atomic E-state index is 0.106. The summed E-state index contributed by atoms with van der Waals surface area (Å²) < 4.78 is 30.2. The number of methoxy groups -OCH3 is 1. The molecule has 146 valence electrons. The maximum absolute atomic E-state index is 12.5. The lowest BCUT2D eigenvalue weighted by Gasteiger charge is -2.11. The molecule has 0 saturated carbocycles. The van der Waals surface area contributed by atoms with Gasteiger partial charge in [0.15, 0.2) is 0 Å². The lowest BCUT2D eigenvalue weighted by molar-refractivity contribution is 0.102. The van der Waals surface area contributed by atoms with Crippen LogP contribution in [0.3, 0.4) is 0 Å². The van der Waals surface area contributed by atoms with Crippen molar-refractivity contribution in [2.45, 2.75) is 18.7 Å². The summed E-state index contributed by atoms with van der Waals surface area (Å²) in [6.07, 6.45) is 0. The number of hydrogen-bond acceptors (Lipinski definition) is 5. The Hall–Kier alpha value is -3.17. The summed E-state index contributed by atoms with van der Waals surface area (Å²) >= 11 is 0. The molecule has 3 rings (SSSR count). The predicted octanol–water partition coefficient (Wildman–Crippen LogP) is 2.40. The number of anilines is 1. The summed E-state index contributed by atoms with van der Waals surface area (Å²) in [4.78, 5) is 12.3. The number of ether oxygens (including phenoxy) is 1. The Morgan fingerprint density at radius 2 is 1.79 bits per heavy atom. The fourth-order valence-corrected chi connectivity index (χ4v) is 3.55. The molecule has 0 aliphatic heterocycles. The van der Waals surface area contributed by atoms with Gasteiger partial charge in [-0.2, -0.15) is 5.10 Å². The molecule has 0 spiro atoms. The van der Waals surface area contributed by atoms with Crippen LogP contribution in [-0.2, 0) is 10.0 Å². The zero-order valence-electron chi connectivity index (χ0n) is 15.6. The van der Waals surface area contributed by atoms with Gasteiger partial charge in [-0.25, -0.2) is 18.2 Å². The number of nitrogens with two attached hydrogens (primary N) is 1. The van der Waals surface area contributed by atoms with Gasteiger partial charge < -0.3 is 10.1 Å². The topological polar surface area (TPSA) is 116 Å². The molecule has 0 aliphatic carbocycles. The molecule has 9 heteroatoms. The van der Waals surface area contributed by atoms with Gasteiger partial charge >= 0.3 is 0 Å². The lowest BCUT2D eigenvalue weighted by atomic mass is 10.2. The second-order valence-corrected chi connectivity index (χ2v) is 7.78. The molecule has 28 heavy (non-hydrogen) atoms. The van der Waals surface area contributed by atoms with Crippen molar-refractivity contribution in [2.24, 2.45) is 5.14 Å². The third-order valence-corrected chi connectivity index (χ3v) is 5.04. The van der Waals surface area contributed by atoms with Gasteiger partial charge in [0.2, 0.25) is 10.0 Å². The molecule has 3 N–H and O–H groups in total. The predicted molar refractivity (Wildman–Crippen MR) is 105 cm³/mol. The number of carbonyl (C=O) groups excluding carboxylic acids is 1. The number of sulfonamides is 1. The van der Waals surface area contributed by atoms with Crippen molar-refractivity contribution in [3.8, 4) is 11.4 Å². The van der Waals surface area contributed by atoms with Crippen molar-refractivity contribution in [2.75, 3.05) is 12.4 Å². The van der Waals surface area contributed by atoms with E-state index in [1.807, 2.05) is 19.9 Å². The Morgan fingerprint density at radius 3 is 2.32 bits per heavy atom. The molecule has 8 nitrogen and oxygen atoms in total. The first kappa shape index (κ1) is 19.6. The Labute approximate surface area is 163 Å². The average molecular weight is 400 g/mol. The molecule has 0 unspecified atom stereocenters. The quantitative estimate of drug-likeness (QED) is 0.682. The molecule has 2 aromatic carbocycles. The van der Waals surface area contributed by atoms with Crippen LogP contribution in [-0.4, -0.2) is 31.2 Å². The van der Waals surface area contributed by atoms with Crippen LogP contribution in [0.2, 0.25) is 0 Å². The monoisotopic (exact) mass is 400 g/mol. The van der Waals surface area contributed by atoms with Gasteiger partial charge in [0, 0.05) is 16.9 Å². The highest BCUT2D eigenvalue weighted by atomic mass is 32.2. The molecule has 1 heterocycles. The Balaban J connectivity index is 1.83. The molecule has 0 radical (unpaired) electrons. The fraction of sp³-hybridized carbons (Fsp3) is 0.158. The number of nitrogens with zero attached hydrogens (tertiary/aromatic N) is 2. The first-order valence-electron chi connectivity index (χ1n) is 8.35. The van der Waals surface area contributed by atoms with Crippen molar-refractivity contribution < 1.29 is 17.9 Å². The smallest absolute Gasteiger partial charge is 0.255 e. The molecule has 1 aromatic heterocycles. The van der Waals surface area contributed by atoms with E-state index in [-0.39, 0.29) is 22.2 Å². The summed E-state index contributed by atoms with van der Waals surface area (Å²) in [5, 5.41) is 12.3. The number of benzene rings is 2. The van der Waals surface area contributed by atoms with E-state index >= 15 is 0 Å². The first-order valence-corrected chi connectivity index (χ1v) is 9.89. The van der Waals surface area contributed by atoms with Crippen molar-refractivity contribution >= 4 is 21.6 Å². The van der Waals surface area contributed by atoms with E-state index in [1.54, 1.807) is 28.9 Å². The normalized spacial score (nSPS) is 11.3. The van der Waals surface area contributed by atoms with E-state index in [0.717, 1.165) is 17.1 Å². The van der Waals surface area contributed by atoms with Crippen LogP contribution < -0.4 is 15.2 Å². The minimum Gasteiger partial charge on any atom is -0.495 e. The number of primary sulfonamides is 1. The summed E-state index contributed by atoms with van der Waals surface area (Å²) in [5.41, 5.74) is 3.44. The molecule has 0 atom stereocenters. The fourth-order valence-electron chi connectivity index (χ4n) is 2.82. The highest BCUT2D eigenvalue weighted by Crippen LogP contribution is 2.26. The van der Waals surface area contributed by atoms with Crippen LogP contribution in [0.15, 0.2) is 53.4 Å². The van der Waals surface area contributed by atoms with Crippen LogP contribution in [0.4, 0.5) is 5.69 Å². The highest BCUT2D eigenvalue weighted by Gasteiger charge is 2.17. The Morgan fingerprint density at radius 1 is 1.11 bits per heavy atom. The van der Waals surface area contributed by atoms with Crippen LogP contribution in [0.25, 0.3) is 5.69 Å². The molecule has 0 saturated heterocycles. The molecule has 0 aliphatic rings. The van der Waals surface area contributed by atoms with E-state index in [4.69, 9.17) is 9.88 Å². The summed E-state index contributed by atoms with van der Waals surface area (Å²) in [6.45, 7) is 3.86. The second-order valence-electron chi connectivity index (χ2n) is 6.25. The maximum atomic E-state index is 12.5. The van der Waals surface area contributed by atoms with Gasteiger partial charge in [-0.05, 0) is 62.4 Å². The number of aryl methyl sites for hydroxylation is 2. The number of rotatable bonds is 5. The SMILES string of the molecule is COc1ccc(NC(=O)c2ccc(-n3nc(C)cc3C)cc2)cc1S(N)(=O)=O. The standard InChI is InChI=1S/C19H20N4O4S/c1-12-10-13(2)23(22-12)16-7-4-14(5-8-16)19(24)21-15-6-9-17(27-3)18(11-15)28(20,25)26/h4-11H,1-3H3,(H,21,24)(H2,20,25,26). The molecular weight excluding hydrogens is 380 g/mol. The Bertz CT molecular complexity index is 1140. The minimum atomic E-state index is -3.99. The highest BCUT2D eigenvalue weighted by molar-refractivity contribution is 7.89. The summed E-state index contributed by atoms with van der Waals surface area (Å²) in [5.74, 6) is -0.278. The van der Waals surface area contributed by atoms with Crippen LogP contribution >= 0.6 is 0 Å². The zero-order valence-corrected chi connectivity index (χ0v) is 16.4. The van der Waals surface area contributed by atoms with E-state index in [2.05, 4.69) is 10.4 Å². The summed E-state index contributed by atoms with van der Waals surface area (Å²) in [7, 11) is -2.65. The third kappa shape index (κ3) is 4.05. The number of aromatic nitrogens is 2. The lowest BCUT2D eigenvalue weighted by Crippen LogP contribution is -2.16. The Kier molecular flexibility index (Phi) is 5.21. The molecule has 0 fully saturated rings. The van der Waals surface area contributed by atoms with Gasteiger partial charge in [0.1, 0.15) is 10.6 Å². The van der Waals surface area contributed by atoms with E-state index in [9.17, 15) is 13.2 Å². The number of nitrogens with one attached hydrogen (secondary N) is 1. The van der Waals surface area contributed by atoms with Gasteiger partial charge in [-0.1, -0.05) is 0 Å². The van der Waals surface area contributed by atoms with Crippen LogP contribution in [0.5, 0.6) is 5.75 Å². The first-order chi connectivity index (χ1) is 13.2. The molecule has 3 aromatic rings. The molecule has 1 amide bonds. The van der Waals surface area contributed by atoms with Gasteiger partial charge in [-0.3, -0.25) is 4.79 Å². The largest absolute Gasteiger partial charge is 0.495 e.